The lowest BCUT2D eigenvalue weighted by molar-refractivity contribution is -0.0855. The molecule has 112 valence electrons. The van der Waals surface area contributed by atoms with Crippen molar-refractivity contribution in [1.29, 1.82) is 0 Å². The molecule has 2 aliphatic rings. The van der Waals surface area contributed by atoms with Crippen molar-refractivity contribution in [3.8, 4) is 0 Å². The average molecular weight is 295 g/mol. The Balaban J connectivity index is 1.76. The molecular formula is C15H25N3OS. The predicted octanol–water partition coefficient (Wildman–Crippen LogP) is 2.37. The molecule has 4 nitrogen and oxygen atoms in total. The van der Waals surface area contributed by atoms with Gasteiger partial charge in [-0.1, -0.05) is 6.92 Å². The van der Waals surface area contributed by atoms with Gasteiger partial charge in [0.25, 0.3) is 0 Å². The maximum Gasteiger partial charge on any atom is 0.0947 e. The number of imidazole rings is 1. The van der Waals surface area contributed by atoms with Gasteiger partial charge in [-0.25, -0.2) is 4.98 Å². The lowest BCUT2D eigenvalue weighted by atomic mass is 9.80. The van der Waals surface area contributed by atoms with Crippen molar-refractivity contribution in [2.45, 2.75) is 37.8 Å². The summed E-state index contributed by atoms with van der Waals surface area (Å²) in [6.45, 7) is 4.07. The normalized spacial score (nSPS) is 31.8. The van der Waals surface area contributed by atoms with E-state index in [4.69, 9.17) is 4.74 Å². The minimum absolute atomic E-state index is 0.149. The highest BCUT2D eigenvalue weighted by Gasteiger charge is 2.42. The quantitative estimate of drug-likeness (QED) is 0.925. The fourth-order valence-electron chi connectivity index (χ4n) is 3.54. The largest absolute Gasteiger partial charge is 0.374 e. The number of hydrogen-bond acceptors (Lipinski definition) is 4. The molecule has 20 heavy (non-hydrogen) atoms. The second kappa shape index (κ2) is 6.08. The predicted molar refractivity (Wildman–Crippen MR) is 83.0 cm³/mol. The van der Waals surface area contributed by atoms with Crippen LogP contribution in [0.1, 0.15) is 37.9 Å². The van der Waals surface area contributed by atoms with Crippen molar-refractivity contribution in [1.82, 2.24) is 14.9 Å². The van der Waals surface area contributed by atoms with Crippen LogP contribution in [0.3, 0.4) is 0 Å². The minimum Gasteiger partial charge on any atom is -0.374 e. The molecule has 0 aromatic carbocycles. The Morgan fingerprint density at radius 2 is 2.55 bits per heavy atom. The zero-order chi connectivity index (χ0) is 14.0. The zero-order valence-electron chi connectivity index (χ0n) is 12.5. The first-order valence-corrected chi connectivity index (χ1v) is 8.81. The van der Waals surface area contributed by atoms with Gasteiger partial charge in [0.2, 0.25) is 0 Å². The molecular weight excluding hydrogens is 270 g/mol. The highest BCUT2D eigenvalue weighted by atomic mass is 32.2. The Labute approximate surface area is 125 Å². The Morgan fingerprint density at radius 1 is 1.65 bits per heavy atom. The van der Waals surface area contributed by atoms with Gasteiger partial charge >= 0.3 is 0 Å². The van der Waals surface area contributed by atoms with Gasteiger partial charge in [-0.3, -0.25) is 0 Å². The molecule has 2 saturated heterocycles. The molecule has 3 unspecified atom stereocenters. The van der Waals surface area contributed by atoms with E-state index in [1.54, 1.807) is 0 Å². The summed E-state index contributed by atoms with van der Waals surface area (Å²) < 4.78 is 8.19. The molecule has 1 spiro atoms. The summed E-state index contributed by atoms with van der Waals surface area (Å²) in [5.41, 5.74) is 1.33. The van der Waals surface area contributed by atoms with Crippen LogP contribution in [0.5, 0.6) is 0 Å². The maximum absolute atomic E-state index is 6.15. The van der Waals surface area contributed by atoms with Gasteiger partial charge in [-0.2, -0.15) is 11.8 Å². The van der Waals surface area contributed by atoms with Crippen LogP contribution in [0, 0.1) is 5.92 Å². The van der Waals surface area contributed by atoms with E-state index in [1.165, 1.54) is 30.0 Å². The molecule has 2 fully saturated rings. The molecule has 1 aromatic heterocycles. The van der Waals surface area contributed by atoms with Gasteiger partial charge < -0.3 is 14.6 Å². The third-order valence-corrected chi connectivity index (χ3v) is 5.76. The van der Waals surface area contributed by atoms with Gasteiger partial charge in [0, 0.05) is 25.6 Å². The van der Waals surface area contributed by atoms with E-state index < -0.39 is 0 Å². The molecule has 0 bridgehead atoms. The van der Waals surface area contributed by atoms with E-state index in [-0.39, 0.29) is 5.60 Å². The van der Waals surface area contributed by atoms with Gasteiger partial charge in [-0.15, -0.1) is 0 Å². The number of rotatable bonds is 4. The second-order valence-corrected chi connectivity index (χ2v) is 7.19. The van der Waals surface area contributed by atoms with Crippen molar-refractivity contribution in [3.05, 3.63) is 18.2 Å². The van der Waals surface area contributed by atoms with Crippen molar-refractivity contribution < 1.29 is 4.74 Å². The summed E-state index contributed by atoms with van der Waals surface area (Å²) in [6, 6.07) is 0.368. The molecule has 0 amide bonds. The van der Waals surface area contributed by atoms with E-state index in [2.05, 4.69) is 23.4 Å². The summed E-state index contributed by atoms with van der Waals surface area (Å²) in [5.74, 6) is 3.06. The van der Waals surface area contributed by atoms with Crippen LogP contribution >= 0.6 is 11.8 Å². The third kappa shape index (κ3) is 2.90. The molecule has 0 radical (unpaired) electrons. The van der Waals surface area contributed by atoms with Gasteiger partial charge in [0.1, 0.15) is 0 Å². The SMILES string of the molecule is CCNC(c1cn(C)cn1)C1CCOC2(CCSC2)C1. The number of nitrogens with zero attached hydrogens (tertiary/aromatic N) is 2. The number of thioether (sulfide) groups is 1. The standard InChI is InChI=1S/C15H25N3OS/c1-3-16-14(13-9-18(2)11-17-13)12-4-6-19-15(8-12)5-7-20-10-15/h9,11-12,14,16H,3-8,10H2,1-2H3. The monoisotopic (exact) mass is 295 g/mol. The van der Waals surface area contributed by atoms with Crippen LogP contribution in [0.15, 0.2) is 12.5 Å². The molecule has 5 heteroatoms. The highest BCUT2D eigenvalue weighted by molar-refractivity contribution is 7.99. The molecule has 1 aromatic rings. The Hall–Kier alpha value is -0.520. The van der Waals surface area contributed by atoms with Gasteiger partial charge in [0.05, 0.1) is 23.7 Å². The topological polar surface area (TPSA) is 39.1 Å². The summed E-state index contributed by atoms with van der Waals surface area (Å²) in [5, 5.41) is 3.65. The first-order valence-electron chi connectivity index (χ1n) is 7.65. The molecule has 1 N–H and O–H groups in total. The molecule has 3 heterocycles. The number of ether oxygens (including phenoxy) is 1. The smallest absolute Gasteiger partial charge is 0.0947 e. The van der Waals surface area contributed by atoms with E-state index >= 15 is 0 Å². The van der Waals surface area contributed by atoms with Crippen molar-refractivity contribution in [2.24, 2.45) is 13.0 Å². The fraction of sp³-hybridized carbons (Fsp3) is 0.800. The maximum atomic E-state index is 6.15. The third-order valence-electron chi connectivity index (χ3n) is 4.54. The van der Waals surface area contributed by atoms with Crippen LogP contribution in [-0.4, -0.2) is 39.8 Å². The molecule has 0 saturated carbocycles. The molecule has 2 aliphatic heterocycles. The number of hydrogen-bond donors (Lipinski definition) is 1. The van der Waals surface area contributed by atoms with Crippen LogP contribution in [-0.2, 0) is 11.8 Å². The second-order valence-electron chi connectivity index (χ2n) is 6.09. The van der Waals surface area contributed by atoms with Crippen LogP contribution in [0.25, 0.3) is 0 Å². The summed E-state index contributed by atoms with van der Waals surface area (Å²) in [4.78, 5) is 4.58. The number of aryl methyl sites for hydroxylation is 1. The minimum atomic E-state index is 0.149. The summed E-state index contributed by atoms with van der Waals surface area (Å²) in [6.07, 6.45) is 7.59. The molecule has 3 atom stereocenters. The highest BCUT2D eigenvalue weighted by Crippen LogP contribution is 2.43. The average Bonchev–Trinajstić information content (AvgIpc) is 3.06. The Bertz CT molecular complexity index is 442. The Kier molecular flexibility index (Phi) is 4.38. The van der Waals surface area contributed by atoms with Crippen LogP contribution < -0.4 is 5.32 Å². The van der Waals surface area contributed by atoms with E-state index in [0.29, 0.717) is 12.0 Å². The van der Waals surface area contributed by atoms with Gasteiger partial charge in [-0.05, 0) is 37.5 Å². The van der Waals surface area contributed by atoms with Gasteiger partial charge in [0.15, 0.2) is 0 Å². The molecule has 3 rings (SSSR count). The fourth-order valence-corrected chi connectivity index (χ4v) is 4.92. The number of aromatic nitrogens is 2. The summed E-state index contributed by atoms with van der Waals surface area (Å²) in [7, 11) is 2.04. The molecule has 0 aliphatic carbocycles. The van der Waals surface area contributed by atoms with Crippen molar-refractivity contribution in [2.75, 3.05) is 24.7 Å². The van der Waals surface area contributed by atoms with E-state index in [9.17, 15) is 0 Å². The lowest BCUT2D eigenvalue weighted by Crippen LogP contribution is -2.43. The number of nitrogens with one attached hydrogen (secondary N) is 1. The van der Waals surface area contributed by atoms with E-state index in [1.807, 2.05) is 29.7 Å². The van der Waals surface area contributed by atoms with Crippen LogP contribution in [0.4, 0.5) is 0 Å². The van der Waals surface area contributed by atoms with Crippen molar-refractivity contribution >= 4 is 11.8 Å². The van der Waals surface area contributed by atoms with Crippen LogP contribution in [0.2, 0.25) is 0 Å². The first kappa shape index (κ1) is 14.4. The lowest BCUT2D eigenvalue weighted by Gasteiger charge is -2.40. The first-order chi connectivity index (χ1) is 9.72. The van der Waals surface area contributed by atoms with Crippen molar-refractivity contribution in [3.63, 3.8) is 0 Å². The van der Waals surface area contributed by atoms with E-state index in [0.717, 1.165) is 19.6 Å². The Morgan fingerprint density at radius 3 is 3.20 bits per heavy atom. The zero-order valence-corrected chi connectivity index (χ0v) is 13.3. The summed E-state index contributed by atoms with van der Waals surface area (Å²) >= 11 is 2.04.